The Kier molecular flexibility index (Phi) is 5.83. The van der Waals surface area contributed by atoms with Crippen LogP contribution in [-0.4, -0.2) is 20.4 Å². The first-order valence-electron chi connectivity index (χ1n) is 6.77. The smallest absolute Gasteiger partial charge is 0.161 e. The molecule has 5 heteroatoms. The van der Waals surface area contributed by atoms with Crippen molar-refractivity contribution >= 4 is 22.1 Å². The lowest BCUT2D eigenvalue weighted by Gasteiger charge is -2.11. The molecule has 2 rings (SSSR count). The summed E-state index contributed by atoms with van der Waals surface area (Å²) in [7, 11) is 3.21. The van der Waals surface area contributed by atoms with E-state index in [1.54, 1.807) is 20.4 Å². The Hall–Kier alpha value is -2.01. The normalized spacial score (nSPS) is 10.7. The highest BCUT2D eigenvalue weighted by atomic mass is 79.9. The second-order valence-corrected chi connectivity index (χ2v) is 5.52. The Balaban J connectivity index is 2.04. The second-order valence-electron chi connectivity index (χ2n) is 4.66. The molecule has 0 atom stereocenters. The Bertz CT molecular complexity index is 671. The summed E-state index contributed by atoms with van der Waals surface area (Å²) in [6.45, 7) is 2.37. The summed E-state index contributed by atoms with van der Waals surface area (Å²) >= 11 is 3.49. The molecule has 0 unspecified atom stereocenters. The van der Waals surface area contributed by atoms with Crippen LogP contribution in [0.4, 0.5) is 0 Å². The standard InChI is InChI=1S/C17H18BrNO3/c1-12-6-4-5-7-13(12)10-19-22-11-14-8-16(20-2)17(21-3)9-15(14)18/h4-10H,11H2,1-3H3/b19-10+. The largest absolute Gasteiger partial charge is 0.493 e. The predicted octanol–water partition coefficient (Wildman–Crippen LogP) is 4.33. The van der Waals surface area contributed by atoms with Crippen LogP contribution in [0.1, 0.15) is 16.7 Å². The van der Waals surface area contributed by atoms with Gasteiger partial charge in [-0.1, -0.05) is 45.4 Å². The molecular weight excluding hydrogens is 346 g/mol. The zero-order chi connectivity index (χ0) is 15.9. The minimum absolute atomic E-state index is 0.337. The quantitative estimate of drug-likeness (QED) is 0.566. The van der Waals surface area contributed by atoms with E-state index in [-0.39, 0.29) is 0 Å². The van der Waals surface area contributed by atoms with Crippen LogP contribution in [0, 0.1) is 6.92 Å². The fourth-order valence-electron chi connectivity index (χ4n) is 1.94. The van der Waals surface area contributed by atoms with Crippen LogP contribution >= 0.6 is 15.9 Å². The zero-order valence-electron chi connectivity index (χ0n) is 12.8. The molecule has 0 aliphatic rings. The molecule has 0 saturated carbocycles. The van der Waals surface area contributed by atoms with Crippen LogP contribution < -0.4 is 9.47 Å². The lowest BCUT2D eigenvalue weighted by molar-refractivity contribution is 0.131. The minimum atomic E-state index is 0.337. The van der Waals surface area contributed by atoms with Gasteiger partial charge in [-0.15, -0.1) is 0 Å². The Labute approximate surface area is 138 Å². The van der Waals surface area contributed by atoms with Gasteiger partial charge in [-0.3, -0.25) is 0 Å². The van der Waals surface area contributed by atoms with Crippen molar-refractivity contribution in [3.8, 4) is 11.5 Å². The topological polar surface area (TPSA) is 40.0 Å². The van der Waals surface area contributed by atoms with E-state index >= 15 is 0 Å². The number of hydrogen-bond acceptors (Lipinski definition) is 4. The number of hydrogen-bond donors (Lipinski definition) is 0. The van der Waals surface area contributed by atoms with E-state index in [0.29, 0.717) is 18.1 Å². The maximum absolute atomic E-state index is 5.38. The van der Waals surface area contributed by atoms with Crippen LogP contribution in [0.3, 0.4) is 0 Å². The van der Waals surface area contributed by atoms with E-state index in [1.807, 2.05) is 43.3 Å². The molecule has 0 spiro atoms. The molecule has 0 fully saturated rings. The van der Waals surface area contributed by atoms with Crippen LogP contribution in [0.25, 0.3) is 0 Å². The molecule has 0 aliphatic heterocycles. The fraction of sp³-hybridized carbons (Fsp3) is 0.235. The Morgan fingerprint density at radius 2 is 1.77 bits per heavy atom. The molecular formula is C17H18BrNO3. The van der Waals surface area contributed by atoms with Gasteiger partial charge in [0.15, 0.2) is 11.5 Å². The SMILES string of the molecule is COc1cc(Br)c(CO/N=C/c2ccccc2C)cc1OC. The molecule has 0 N–H and O–H groups in total. The first-order valence-corrected chi connectivity index (χ1v) is 7.56. The average molecular weight is 364 g/mol. The maximum Gasteiger partial charge on any atom is 0.161 e. The van der Waals surface area contributed by atoms with Gasteiger partial charge in [0, 0.05) is 10.0 Å². The molecule has 22 heavy (non-hydrogen) atoms. The van der Waals surface area contributed by atoms with Gasteiger partial charge in [0.05, 0.1) is 20.4 Å². The minimum Gasteiger partial charge on any atom is -0.493 e. The molecule has 0 aliphatic carbocycles. The average Bonchev–Trinajstić information content (AvgIpc) is 2.53. The molecule has 0 heterocycles. The van der Waals surface area contributed by atoms with Gasteiger partial charge >= 0.3 is 0 Å². The van der Waals surface area contributed by atoms with E-state index in [1.165, 1.54) is 0 Å². The zero-order valence-corrected chi connectivity index (χ0v) is 14.4. The van der Waals surface area contributed by atoms with Crippen molar-refractivity contribution in [2.75, 3.05) is 14.2 Å². The van der Waals surface area contributed by atoms with Gasteiger partial charge in [-0.2, -0.15) is 0 Å². The number of rotatable bonds is 6. The molecule has 2 aromatic carbocycles. The summed E-state index contributed by atoms with van der Waals surface area (Å²) in [5.41, 5.74) is 3.12. The molecule has 0 bridgehead atoms. The maximum atomic E-state index is 5.38. The van der Waals surface area contributed by atoms with Gasteiger partial charge in [0.1, 0.15) is 6.61 Å². The molecule has 0 saturated heterocycles. The second kappa shape index (κ2) is 7.84. The van der Waals surface area contributed by atoms with Crippen molar-refractivity contribution in [2.24, 2.45) is 5.16 Å². The van der Waals surface area contributed by atoms with Crippen LogP contribution in [-0.2, 0) is 11.4 Å². The third-order valence-electron chi connectivity index (χ3n) is 3.23. The van der Waals surface area contributed by atoms with Crippen molar-refractivity contribution in [1.82, 2.24) is 0 Å². The van der Waals surface area contributed by atoms with Gasteiger partial charge < -0.3 is 14.3 Å². The summed E-state index contributed by atoms with van der Waals surface area (Å²) in [5.74, 6) is 1.33. The molecule has 4 nitrogen and oxygen atoms in total. The summed E-state index contributed by atoms with van der Waals surface area (Å²) in [6.07, 6.45) is 1.71. The summed E-state index contributed by atoms with van der Waals surface area (Å²) in [4.78, 5) is 5.38. The van der Waals surface area contributed by atoms with E-state index in [2.05, 4.69) is 21.1 Å². The van der Waals surface area contributed by atoms with Crippen LogP contribution in [0.5, 0.6) is 11.5 Å². The summed E-state index contributed by atoms with van der Waals surface area (Å²) in [6, 6.07) is 11.7. The van der Waals surface area contributed by atoms with Gasteiger partial charge in [0.2, 0.25) is 0 Å². The number of methoxy groups -OCH3 is 2. The van der Waals surface area contributed by atoms with E-state index in [4.69, 9.17) is 14.3 Å². The number of halogens is 1. The third kappa shape index (κ3) is 4.01. The van der Waals surface area contributed by atoms with Crippen molar-refractivity contribution in [3.63, 3.8) is 0 Å². The highest BCUT2D eigenvalue weighted by Crippen LogP contribution is 2.33. The highest BCUT2D eigenvalue weighted by molar-refractivity contribution is 9.10. The fourth-order valence-corrected chi connectivity index (χ4v) is 2.38. The number of nitrogens with zero attached hydrogens (tertiary/aromatic N) is 1. The Morgan fingerprint density at radius 3 is 2.45 bits per heavy atom. The number of ether oxygens (including phenoxy) is 2. The molecule has 0 amide bonds. The lowest BCUT2D eigenvalue weighted by atomic mass is 10.1. The number of benzene rings is 2. The first kappa shape index (κ1) is 16.4. The van der Waals surface area contributed by atoms with E-state index in [0.717, 1.165) is 21.2 Å². The van der Waals surface area contributed by atoms with E-state index < -0.39 is 0 Å². The third-order valence-corrected chi connectivity index (χ3v) is 3.97. The number of oxime groups is 1. The molecule has 0 aromatic heterocycles. The van der Waals surface area contributed by atoms with Gasteiger partial charge in [-0.25, -0.2) is 0 Å². The summed E-state index contributed by atoms with van der Waals surface area (Å²) < 4.78 is 11.4. The number of aryl methyl sites for hydroxylation is 1. The van der Waals surface area contributed by atoms with Gasteiger partial charge in [-0.05, 0) is 30.2 Å². The van der Waals surface area contributed by atoms with Gasteiger partial charge in [0.25, 0.3) is 0 Å². The van der Waals surface area contributed by atoms with Crippen LogP contribution in [0.15, 0.2) is 46.0 Å². The van der Waals surface area contributed by atoms with Crippen molar-refractivity contribution in [1.29, 1.82) is 0 Å². The molecule has 116 valence electrons. The Morgan fingerprint density at radius 1 is 1.09 bits per heavy atom. The van der Waals surface area contributed by atoms with Crippen molar-refractivity contribution in [2.45, 2.75) is 13.5 Å². The molecule has 0 radical (unpaired) electrons. The molecule has 2 aromatic rings. The first-order chi connectivity index (χ1) is 10.7. The predicted molar refractivity (Wildman–Crippen MR) is 90.8 cm³/mol. The van der Waals surface area contributed by atoms with Crippen molar-refractivity contribution in [3.05, 3.63) is 57.6 Å². The summed E-state index contributed by atoms with van der Waals surface area (Å²) in [5, 5.41) is 4.02. The van der Waals surface area contributed by atoms with E-state index in [9.17, 15) is 0 Å². The van der Waals surface area contributed by atoms with Crippen LogP contribution in [0.2, 0.25) is 0 Å². The lowest BCUT2D eigenvalue weighted by Crippen LogP contribution is -1.95. The highest BCUT2D eigenvalue weighted by Gasteiger charge is 2.09. The van der Waals surface area contributed by atoms with Crippen molar-refractivity contribution < 1.29 is 14.3 Å². The monoisotopic (exact) mass is 363 g/mol.